The predicted molar refractivity (Wildman–Crippen MR) is 78.1 cm³/mol. The average molecular weight is 257 g/mol. The van der Waals surface area contributed by atoms with Crippen LogP contribution in [0.3, 0.4) is 0 Å². The Hall–Kier alpha value is -1.64. The van der Waals surface area contributed by atoms with Crippen LogP contribution in [0, 0.1) is 5.92 Å². The summed E-state index contributed by atoms with van der Waals surface area (Å²) in [5, 5.41) is 7.52. The van der Waals surface area contributed by atoms with E-state index in [9.17, 15) is 0 Å². The Morgan fingerprint density at radius 3 is 2.53 bits per heavy atom. The van der Waals surface area contributed by atoms with Crippen molar-refractivity contribution in [3.63, 3.8) is 0 Å². The van der Waals surface area contributed by atoms with Crippen LogP contribution < -0.4 is 0 Å². The number of hydrogen-bond donors (Lipinski definition) is 1. The highest BCUT2D eigenvalue weighted by Gasteiger charge is 2.24. The Morgan fingerprint density at radius 2 is 1.89 bits per heavy atom. The van der Waals surface area contributed by atoms with Gasteiger partial charge in [0, 0.05) is 12.3 Å². The van der Waals surface area contributed by atoms with Crippen molar-refractivity contribution >= 4 is 0 Å². The molecule has 2 unspecified atom stereocenters. The molecule has 0 bridgehead atoms. The third kappa shape index (κ3) is 3.22. The topological polar surface area (TPSA) is 41.6 Å². The number of H-pyrrole nitrogens is 1. The third-order valence-electron chi connectivity index (χ3n) is 3.69. The Balaban J connectivity index is 2.32. The van der Waals surface area contributed by atoms with E-state index in [-0.39, 0.29) is 5.92 Å². The second kappa shape index (κ2) is 6.50. The van der Waals surface area contributed by atoms with Crippen molar-refractivity contribution in [2.45, 2.75) is 46.0 Å². The zero-order valence-corrected chi connectivity index (χ0v) is 12.1. The fourth-order valence-electron chi connectivity index (χ4n) is 2.43. The number of nitrogens with one attached hydrogen (secondary N) is 1. The zero-order valence-electron chi connectivity index (χ0n) is 12.1. The molecule has 2 rings (SSSR count). The summed E-state index contributed by atoms with van der Waals surface area (Å²) < 4.78 is 0. The maximum atomic E-state index is 4.68. The lowest BCUT2D eigenvalue weighted by Crippen LogP contribution is -2.12. The Labute approximate surface area is 115 Å². The number of aromatic amines is 1. The summed E-state index contributed by atoms with van der Waals surface area (Å²) in [5.41, 5.74) is 1.30. The number of rotatable bonds is 6. The molecule has 0 aliphatic carbocycles. The molecule has 3 nitrogen and oxygen atoms in total. The van der Waals surface area contributed by atoms with E-state index in [1.165, 1.54) is 5.56 Å². The van der Waals surface area contributed by atoms with E-state index in [0.29, 0.717) is 5.92 Å². The molecule has 0 spiro atoms. The molecule has 0 saturated carbocycles. The van der Waals surface area contributed by atoms with E-state index in [2.05, 4.69) is 66.3 Å². The van der Waals surface area contributed by atoms with Crippen molar-refractivity contribution in [2.75, 3.05) is 0 Å². The first-order chi connectivity index (χ1) is 9.26. The van der Waals surface area contributed by atoms with E-state index >= 15 is 0 Å². The van der Waals surface area contributed by atoms with Gasteiger partial charge in [-0.2, -0.15) is 5.10 Å². The van der Waals surface area contributed by atoms with Crippen LogP contribution >= 0.6 is 0 Å². The summed E-state index contributed by atoms with van der Waals surface area (Å²) >= 11 is 0. The van der Waals surface area contributed by atoms with Gasteiger partial charge in [0.1, 0.15) is 5.82 Å². The molecule has 1 aromatic carbocycles. The van der Waals surface area contributed by atoms with Crippen molar-refractivity contribution in [3.8, 4) is 0 Å². The van der Waals surface area contributed by atoms with Gasteiger partial charge in [-0.3, -0.25) is 5.10 Å². The standard InChI is InChI=1S/C16H23N3/c1-4-9-14-17-16(19-18-14)15(12(3)5-2)13-10-7-6-8-11-13/h6-8,10-12,15H,4-5,9H2,1-3H3,(H,17,18,19). The van der Waals surface area contributed by atoms with E-state index < -0.39 is 0 Å². The van der Waals surface area contributed by atoms with Crippen LogP contribution in [0.5, 0.6) is 0 Å². The lowest BCUT2D eigenvalue weighted by atomic mass is 9.85. The van der Waals surface area contributed by atoms with Crippen LogP contribution in [-0.2, 0) is 6.42 Å². The van der Waals surface area contributed by atoms with Gasteiger partial charge in [-0.05, 0) is 17.9 Å². The minimum absolute atomic E-state index is 0.285. The van der Waals surface area contributed by atoms with Crippen molar-refractivity contribution in [1.29, 1.82) is 0 Å². The van der Waals surface area contributed by atoms with Crippen LogP contribution in [0.4, 0.5) is 0 Å². The molecule has 1 N–H and O–H groups in total. The Bertz CT molecular complexity index is 490. The van der Waals surface area contributed by atoms with Crippen molar-refractivity contribution in [2.24, 2.45) is 5.92 Å². The highest BCUT2D eigenvalue weighted by molar-refractivity contribution is 5.26. The van der Waals surface area contributed by atoms with Crippen LogP contribution in [0.15, 0.2) is 30.3 Å². The second-order valence-electron chi connectivity index (χ2n) is 5.16. The van der Waals surface area contributed by atoms with Crippen molar-refractivity contribution in [3.05, 3.63) is 47.5 Å². The molecule has 0 aliphatic rings. The van der Waals surface area contributed by atoms with Crippen molar-refractivity contribution < 1.29 is 0 Å². The average Bonchev–Trinajstić information content (AvgIpc) is 2.89. The predicted octanol–water partition coefficient (Wildman–Crippen LogP) is 3.94. The number of hydrogen-bond acceptors (Lipinski definition) is 2. The molecule has 2 atom stereocenters. The Morgan fingerprint density at radius 1 is 1.16 bits per heavy atom. The molecule has 2 aromatic rings. The van der Waals surface area contributed by atoms with Crippen molar-refractivity contribution in [1.82, 2.24) is 15.2 Å². The third-order valence-corrected chi connectivity index (χ3v) is 3.69. The molecule has 0 amide bonds. The molecule has 1 aromatic heterocycles. The van der Waals surface area contributed by atoms with Crippen LogP contribution in [0.2, 0.25) is 0 Å². The molecule has 19 heavy (non-hydrogen) atoms. The van der Waals surface area contributed by atoms with E-state index in [0.717, 1.165) is 30.9 Å². The summed E-state index contributed by atoms with van der Waals surface area (Å²) in [5.74, 6) is 2.76. The number of aryl methyl sites for hydroxylation is 1. The number of nitrogens with zero attached hydrogens (tertiary/aromatic N) is 2. The maximum Gasteiger partial charge on any atom is 0.158 e. The molecule has 1 heterocycles. The highest BCUT2D eigenvalue weighted by Crippen LogP contribution is 2.31. The molecule has 3 heteroatoms. The number of benzene rings is 1. The fourth-order valence-corrected chi connectivity index (χ4v) is 2.43. The van der Waals surface area contributed by atoms with Gasteiger partial charge in [0.25, 0.3) is 0 Å². The van der Waals surface area contributed by atoms with Gasteiger partial charge < -0.3 is 0 Å². The zero-order chi connectivity index (χ0) is 13.7. The summed E-state index contributed by atoms with van der Waals surface area (Å²) in [6.07, 6.45) is 3.18. The van der Waals surface area contributed by atoms with Gasteiger partial charge >= 0.3 is 0 Å². The van der Waals surface area contributed by atoms with Crippen LogP contribution in [0.25, 0.3) is 0 Å². The Kier molecular flexibility index (Phi) is 4.72. The normalized spacial score (nSPS) is 14.3. The molecule has 0 aliphatic heterocycles. The van der Waals surface area contributed by atoms with Gasteiger partial charge in [-0.25, -0.2) is 4.98 Å². The van der Waals surface area contributed by atoms with Gasteiger partial charge in [0.05, 0.1) is 0 Å². The van der Waals surface area contributed by atoms with E-state index in [1.54, 1.807) is 0 Å². The SMILES string of the molecule is CCCc1nc(C(c2ccccc2)C(C)CC)n[nH]1. The molecule has 0 fully saturated rings. The summed E-state index contributed by atoms with van der Waals surface area (Å²) in [4.78, 5) is 4.68. The summed E-state index contributed by atoms with van der Waals surface area (Å²) in [6, 6.07) is 10.6. The summed E-state index contributed by atoms with van der Waals surface area (Å²) in [7, 11) is 0. The summed E-state index contributed by atoms with van der Waals surface area (Å²) in [6.45, 7) is 6.65. The quantitative estimate of drug-likeness (QED) is 0.851. The van der Waals surface area contributed by atoms with Gasteiger partial charge in [0.15, 0.2) is 5.82 Å². The maximum absolute atomic E-state index is 4.68. The van der Waals surface area contributed by atoms with Crippen LogP contribution in [0.1, 0.15) is 56.7 Å². The largest absolute Gasteiger partial charge is 0.263 e. The first kappa shape index (κ1) is 13.8. The molecule has 102 valence electrons. The molecular weight excluding hydrogens is 234 g/mol. The lowest BCUT2D eigenvalue weighted by molar-refractivity contribution is 0.479. The minimum atomic E-state index is 0.285. The highest BCUT2D eigenvalue weighted by atomic mass is 15.2. The first-order valence-corrected chi connectivity index (χ1v) is 7.22. The number of aromatic nitrogens is 3. The van der Waals surface area contributed by atoms with E-state index in [1.807, 2.05) is 0 Å². The first-order valence-electron chi connectivity index (χ1n) is 7.22. The molecule has 0 saturated heterocycles. The monoisotopic (exact) mass is 257 g/mol. The second-order valence-corrected chi connectivity index (χ2v) is 5.16. The molecule has 0 radical (unpaired) electrons. The minimum Gasteiger partial charge on any atom is -0.263 e. The van der Waals surface area contributed by atoms with Gasteiger partial charge in [-0.1, -0.05) is 57.5 Å². The fraction of sp³-hybridized carbons (Fsp3) is 0.500. The van der Waals surface area contributed by atoms with Gasteiger partial charge in [-0.15, -0.1) is 0 Å². The van der Waals surface area contributed by atoms with E-state index in [4.69, 9.17) is 0 Å². The molecular formula is C16H23N3. The van der Waals surface area contributed by atoms with Gasteiger partial charge in [0.2, 0.25) is 0 Å². The lowest BCUT2D eigenvalue weighted by Gasteiger charge is -2.20. The van der Waals surface area contributed by atoms with Crippen LogP contribution in [-0.4, -0.2) is 15.2 Å². The smallest absolute Gasteiger partial charge is 0.158 e.